The average molecular weight is 287 g/mol. The van der Waals surface area contributed by atoms with Gasteiger partial charge in [-0.3, -0.25) is 5.43 Å². The van der Waals surface area contributed by atoms with E-state index in [1.165, 1.54) is 0 Å². The summed E-state index contributed by atoms with van der Waals surface area (Å²) in [6.45, 7) is 0.478. The first-order valence-corrected chi connectivity index (χ1v) is 6.36. The standard InChI is InChI=1S/C15H17N3O3/c1-20-12-6-8-14(9-7-12)21-13-4-2-11(3-5-13)10-17-18-15(16)19/h2-9,17H,10H2,1H3,(H3,16,18,19). The molecule has 6 heteroatoms. The van der Waals surface area contributed by atoms with E-state index >= 15 is 0 Å². The molecule has 6 nitrogen and oxygen atoms in total. The number of nitrogens with one attached hydrogen (secondary N) is 2. The third-order valence-electron chi connectivity index (χ3n) is 2.72. The summed E-state index contributed by atoms with van der Waals surface area (Å²) in [5.41, 5.74) is 10.9. The van der Waals surface area contributed by atoms with E-state index in [2.05, 4.69) is 10.9 Å². The van der Waals surface area contributed by atoms with Gasteiger partial charge in [-0.2, -0.15) is 0 Å². The molecule has 0 atom stereocenters. The molecule has 0 aromatic heterocycles. The molecule has 0 saturated heterocycles. The minimum absolute atomic E-state index is 0.478. The van der Waals surface area contributed by atoms with Crippen LogP contribution in [0.15, 0.2) is 48.5 Å². The molecule has 0 heterocycles. The molecule has 0 fully saturated rings. The monoisotopic (exact) mass is 287 g/mol. The number of benzene rings is 2. The summed E-state index contributed by atoms with van der Waals surface area (Å²) < 4.78 is 10.8. The van der Waals surface area contributed by atoms with Crippen LogP contribution < -0.4 is 26.1 Å². The van der Waals surface area contributed by atoms with Gasteiger partial charge in [0.05, 0.1) is 7.11 Å². The fraction of sp³-hybridized carbons (Fsp3) is 0.133. The molecular formula is C15H17N3O3. The number of urea groups is 1. The highest BCUT2D eigenvalue weighted by molar-refractivity contribution is 5.70. The van der Waals surface area contributed by atoms with Crippen molar-refractivity contribution in [2.24, 2.45) is 5.73 Å². The molecule has 2 rings (SSSR count). The number of ether oxygens (including phenoxy) is 2. The van der Waals surface area contributed by atoms with Crippen LogP contribution in [-0.2, 0) is 6.54 Å². The van der Waals surface area contributed by atoms with E-state index in [-0.39, 0.29) is 0 Å². The Morgan fingerprint density at radius 1 is 1.00 bits per heavy atom. The first kappa shape index (κ1) is 14.7. The Labute approximate surface area is 122 Å². The van der Waals surface area contributed by atoms with Gasteiger partial charge in [-0.25, -0.2) is 10.2 Å². The maximum atomic E-state index is 10.5. The summed E-state index contributed by atoms with van der Waals surface area (Å²) in [6.07, 6.45) is 0. The van der Waals surface area contributed by atoms with E-state index in [1.807, 2.05) is 48.5 Å². The highest BCUT2D eigenvalue weighted by Gasteiger charge is 1.99. The van der Waals surface area contributed by atoms with Crippen molar-refractivity contribution in [1.82, 2.24) is 10.9 Å². The first-order valence-electron chi connectivity index (χ1n) is 6.36. The van der Waals surface area contributed by atoms with Crippen LogP contribution in [0, 0.1) is 0 Å². The van der Waals surface area contributed by atoms with E-state index < -0.39 is 6.03 Å². The van der Waals surface area contributed by atoms with Crippen LogP contribution in [0.5, 0.6) is 17.2 Å². The average Bonchev–Trinajstić information content (AvgIpc) is 2.49. The SMILES string of the molecule is COc1ccc(Oc2ccc(CNNC(N)=O)cc2)cc1. The Morgan fingerprint density at radius 2 is 1.52 bits per heavy atom. The van der Waals surface area contributed by atoms with Gasteiger partial charge >= 0.3 is 6.03 Å². The lowest BCUT2D eigenvalue weighted by Gasteiger charge is -2.08. The van der Waals surface area contributed by atoms with Crippen LogP contribution in [0.3, 0.4) is 0 Å². The van der Waals surface area contributed by atoms with Gasteiger partial charge in [0.25, 0.3) is 0 Å². The van der Waals surface area contributed by atoms with E-state index in [1.54, 1.807) is 7.11 Å². The number of amides is 2. The summed E-state index contributed by atoms with van der Waals surface area (Å²) in [5.74, 6) is 2.24. The summed E-state index contributed by atoms with van der Waals surface area (Å²) in [4.78, 5) is 10.5. The zero-order chi connectivity index (χ0) is 15.1. The molecule has 0 saturated carbocycles. The number of hydrogen-bond acceptors (Lipinski definition) is 4. The number of primary amides is 1. The van der Waals surface area contributed by atoms with Gasteiger partial charge in [-0.1, -0.05) is 12.1 Å². The second-order valence-electron chi connectivity index (χ2n) is 4.26. The predicted octanol–water partition coefficient (Wildman–Crippen LogP) is 2.16. The Hall–Kier alpha value is -2.73. The number of hydrogen-bond donors (Lipinski definition) is 3. The lowest BCUT2D eigenvalue weighted by Crippen LogP contribution is -2.40. The lowest BCUT2D eigenvalue weighted by molar-refractivity contribution is 0.244. The number of nitrogens with two attached hydrogens (primary N) is 1. The van der Waals surface area contributed by atoms with Gasteiger partial charge in [0.1, 0.15) is 17.2 Å². The highest BCUT2D eigenvalue weighted by Crippen LogP contribution is 2.23. The van der Waals surface area contributed by atoms with E-state index in [4.69, 9.17) is 15.2 Å². The molecule has 0 unspecified atom stereocenters. The van der Waals surface area contributed by atoms with Crippen molar-refractivity contribution in [2.45, 2.75) is 6.54 Å². The van der Waals surface area contributed by atoms with Crippen molar-refractivity contribution < 1.29 is 14.3 Å². The molecule has 21 heavy (non-hydrogen) atoms. The summed E-state index contributed by atoms with van der Waals surface area (Å²) >= 11 is 0. The van der Waals surface area contributed by atoms with Crippen LogP contribution in [-0.4, -0.2) is 13.1 Å². The van der Waals surface area contributed by atoms with Gasteiger partial charge in [0.15, 0.2) is 0 Å². The number of hydrazine groups is 1. The third-order valence-corrected chi connectivity index (χ3v) is 2.72. The zero-order valence-corrected chi connectivity index (χ0v) is 11.6. The van der Waals surface area contributed by atoms with Crippen molar-refractivity contribution in [1.29, 1.82) is 0 Å². The molecule has 2 amide bonds. The first-order chi connectivity index (χ1) is 10.2. The van der Waals surface area contributed by atoms with E-state index in [0.29, 0.717) is 6.54 Å². The summed E-state index contributed by atoms with van der Waals surface area (Å²) in [7, 11) is 1.62. The van der Waals surface area contributed by atoms with Crippen LogP contribution in [0.2, 0.25) is 0 Å². The summed E-state index contributed by atoms with van der Waals surface area (Å²) in [6, 6.07) is 14.2. The zero-order valence-electron chi connectivity index (χ0n) is 11.6. The fourth-order valence-electron chi connectivity index (χ4n) is 1.69. The van der Waals surface area contributed by atoms with Crippen LogP contribution in [0.1, 0.15) is 5.56 Å². The number of methoxy groups -OCH3 is 1. The van der Waals surface area contributed by atoms with E-state index in [9.17, 15) is 4.79 Å². The maximum absolute atomic E-state index is 10.5. The third kappa shape index (κ3) is 4.70. The second kappa shape index (κ2) is 7.16. The largest absolute Gasteiger partial charge is 0.497 e. The minimum Gasteiger partial charge on any atom is -0.497 e. The molecule has 0 spiro atoms. The molecule has 2 aromatic carbocycles. The number of carbonyl (C=O) groups is 1. The van der Waals surface area contributed by atoms with Gasteiger partial charge < -0.3 is 15.2 Å². The Morgan fingerprint density at radius 3 is 2.05 bits per heavy atom. The van der Waals surface area contributed by atoms with Crippen molar-refractivity contribution in [3.63, 3.8) is 0 Å². The molecular weight excluding hydrogens is 270 g/mol. The van der Waals surface area contributed by atoms with Crippen molar-refractivity contribution in [3.05, 3.63) is 54.1 Å². The molecule has 0 aliphatic heterocycles. The predicted molar refractivity (Wildman–Crippen MR) is 79.1 cm³/mol. The van der Waals surface area contributed by atoms with Crippen LogP contribution in [0.25, 0.3) is 0 Å². The van der Waals surface area contributed by atoms with Crippen molar-refractivity contribution in [3.8, 4) is 17.2 Å². The molecule has 0 aliphatic rings. The minimum atomic E-state index is -0.616. The van der Waals surface area contributed by atoms with Crippen LogP contribution in [0.4, 0.5) is 4.79 Å². The molecule has 0 aliphatic carbocycles. The summed E-state index contributed by atoms with van der Waals surface area (Å²) in [5, 5.41) is 0. The normalized spacial score (nSPS) is 9.95. The van der Waals surface area contributed by atoms with Gasteiger partial charge in [0.2, 0.25) is 0 Å². The maximum Gasteiger partial charge on any atom is 0.326 e. The number of carbonyl (C=O) groups excluding carboxylic acids is 1. The molecule has 4 N–H and O–H groups in total. The van der Waals surface area contributed by atoms with Gasteiger partial charge in [-0.05, 0) is 42.0 Å². The quantitative estimate of drug-likeness (QED) is 0.711. The fourth-order valence-corrected chi connectivity index (χ4v) is 1.69. The van der Waals surface area contributed by atoms with Crippen molar-refractivity contribution >= 4 is 6.03 Å². The smallest absolute Gasteiger partial charge is 0.326 e. The Balaban J connectivity index is 1.90. The Kier molecular flexibility index (Phi) is 5.00. The molecule has 0 radical (unpaired) electrons. The van der Waals surface area contributed by atoms with Crippen molar-refractivity contribution in [2.75, 3.05) is 7.11 Å². The lowest BCUT2D eigenvalue weighted by atomic mass is 10.2. The van der Waals surface area contributed by atoms with Gasteiger partial charge in [0, 0.05) is 6.54 Å². The second-order valence-corrected chi connectivity index (χ2v) is 4.26. The molecule has 110 valence electrons. The molecule has 0 bridgehead atoms. The molecule has 2 aromatic rings. The van der Waals surface area contributed by atoms with Gasteiger partial charge in [-0.15, -0.1) is 0 Å². The Bertz CT molecular complexity index is 582. The number of rotatable bonds is 6. The topological polar surface area (TPSA) is 85.6 Å². The van der Waals surface area contributed by atoms with Crippen LogP contribution >= 0.6 is 0 Å². The highest BCUT2D eigenvalue weighted by atomic mass is 16.5. The van der Waals surface area contributed by atoms with E-state index in [0.717, 1.165) is 22.8 Å².